The maximum absolute atomic E-state index is 12.9. The Bertz CT molecular complexity index is 1560. The zero-order valence-electron chi connectivity index (χ0n) is 21.5. The van der Waals surface area contributed by atoms with E-state index in [1.807, 2.05) is 34.1 Å². The summed E-state index contributed by atoms with van der Waals surface area (Å²) in [5.74, 6) is 0.675. The summed E-state index contributed by atoms with van der Waals surface area (Å²) in [7, 11) is 5.97. The summed E-state index contributed by atoms with van der Waals surface area (Å²) in [5, 5.41) is 0.599. The molecule has 194 valence electrons. The van der Waals surface area contributed by atoms with Crippen LogP contribution >= 0.6 is 0 Å². The molecule has 0 N–H and O–H groups in total. The number of esters is 1. The fourth-order valence-corrected chi connectivity index (χ4v) is 3.90. The van der Waals surface area contributed by atoms with Crippen molar-refractivity contribution in [2.75, 3.05) is 34.4 Å². The summed E-state index contributed by atoms with van der Waals surface area (Å²) in [6, 6.07) is 11.4. The molecule has 0 radical (unpaired) electrons. The van der Waals surface area contributed by atoms with Crippen LogP contribution in [0.15, 0.2) is 67.2 Å². The molecule has 0 saturated carbocycles. The number of hydrogen-bond acceptors (Lipinski definition) is 8. The minimum atomic E-state index is -0.826. The molecule has 4 aromatic rings. The van der Waals surface area contributed by atoms with Crippen LogP contribution in [-0.4, -0.2) is 46.4 Å². The Morgan fingerprint density at radius 2 is 1.62 bits per heavy atom. The predicted molar refractivity (Wildman–Crippen MR) is 140 cm³/mol. The zero-order chi connectivity index (χ0) is 26.7. The Morgan fingerprint density at radius 1 is 0.919 bits per heavy atom. The highest BCUT2D eigenvalue weighted by molar-refractivity contribution is 5.87. The fraction of sp³-hybridized carbons (Fsp3) is 0.321. The Hall–Kier alpha value is -4.11. The summed E-state index contributed by atoms with van der Waals surface area (Å²) in [4.78, 5) is 37.1. The van der Waals surface area contributed by atoms with E-state index < -0.39 is 12.1 Å². The lowest BCUT2D eigenvalue weighted by Crippen LogP contribution is -2.35. The van der Waals surface area contributed by atoms with E-state index in [0.29, 0.717) is 50.1 Å². The minimum Gasteiger partial charge on any atom is -0.489 e. The SMILES string of the molecule is CCc1cc(=O)c2c(OCC(COc3cccc4occc(=O)c34)OC(C)=O)cc([N+](C)(C)C)cc2o1. The molecule has 0 saturated heterocycles. The molecule has 2 aromatic heterocycles. The van der Waals surface area contributed by atoms with Crippen LogP contribution in [0.5, 0.6) is 11.5 Å². The molecule has 0 aliphatic carbocycles. The van der Waals surface area contributed by atoms with Crippen LogP contribution in [0.2, 0.25) is 0 Å². The lowest BCUT2D eigenvalue weighted by Gasteiger charge is -2.25. The number of benzene rings is 2. The van der Waals surface area contributed by atoms with Gasteiger partial charge in [-0.15, -0.1) is 0 Å². The maximum atomic E-state index is 12.9. The van der Waals surface area contributed by atoms with Gasteiger partial charge in [0.25, 0.3) is 0 Å². The molecule has 0 aliphatic heterocycles. The van der Waals surface area contributed by atoms with E-state index in [-0.39, 0.29) is 24.1 Å². The van der Waals surface area contributed by atoms with Crippen LogP contribution in [0, 0.1) is 0 Å². The Morgan fingerprint density at radius 3 is 2.30 bits per heavy atom. The van der Waals surface area contributed by atoms with Gasteiger partial charge >= 0.3 is 5.97 Å². The second-order valence-electron chi connectivity index (χ2n) is 9.53. The van der Waals surface area contributed by atoms with Crippen LogP contribution in [0.1, 0.15) is 19.6 Å². The third-order valence-electron chi connectivity index (χ3n) is 5.78. The van der Waals surface area contributed by atoms with Gasteiger partial charge in [0.1, 0.15) is 58.1 Å². The normalized spacial score (nSPS) is 12.5. The largest absolute Gasteiger partial charge is 0.489 e. The summed E-state index contributed by atoms with van der Waals surface area (Å²) in [6.45, 7) is 3.01. The number of carbonyl (C=O) groups is 1. The maximum Gasteiger partial charge on any atom is 0.303 e. The summed E-state index contributed by atoms with van der Waals surface area (Å²) < 4.78 is 29.2. The second kappa shape index (κ2) is 10.5. The Labute approximate surface area is 213 Å². The van der Waals surface area contributed by atoms with Gasteiger partial charge in [0, 0.05) is 37.6 Å². The van der Waals surface area contributed by atoms with Crippen LogP contribution in [0.3, 0.4) is 0 Å². The second-order valence-corrected chi connectivity index (χ2v) is 9.53. The number of carbonyl (C=O) groups excluding carboxylic acids is 1. The van der Waals surface area contributed by atoms with Crippen molar-refractivity contribution in [1.82, 2.24) is 4.48 Å². The third kappa shape index (κ3) is 5.83. The molecule has 0 aliphatic rings. The van der Waals surface area contributed by atoms with Gasteiger partial charge in [-0.25, -0.2) is 0 Å². The van der Waals surface area contributed by atoms with Gasteiger partial charge in [0.15, 0.2) is 17.0 Å². The monoisotopic (exact) mass is 508 g/mol. The number of quaternary nitrogens is 1. The summed E-state index contributed by atoms with van der Waals surface area (Å²) in [6.07, 6.45) is 1.07. The van der Waals surface area contributed by atoms with Gasteiger partial charge in [-0.1, -0.05) is 13.0 Å². The number of aryl methyl sites for hydroxylation is 1. The number of rotatable bonds is 9. The van der Waals surface area contributed by atoms with Gasteiger partial charge < -0.3 is 23.0 Å². The van der Waals surface area contributed by atoms with Crippen molar-refractivity contribution >= 4 is 33.6 Å². The first-order valence-corrected chi connectivity index (χ1v) is 11.9. The van der Waals surface area contributed by atoms with Crippen LogP contribution in [0.25, 0.3) is 21.9 Å². The highest BCUT2D eigenvalue weighted by atomic mass is 16.6. The van der Waals surface area contributed by atoms with Crippen molar-refractivity contribution < 1.29 is 27.8 Å². The molecule has 9 heteroatoms. The van der Waals surface area contributed by atoms with Crippen molar-refractivity contribution in [1.29, 1.82) is 0 Å². The molecule has 9 nitrogen and oxygen atoms in total. The quantitative estimate of drug-likeness (QED) is 0.246. The number of fused-ring (bicyclic) bond motifs is 2. The van der Waals surface area contributed by atoms with E-state index in [1.54, 1.807) is 24.3 Å². The zero-order valence-corrected chi connectivity index (χ0v) is 21.5. The molecule has 0 bridgehead atoms. The molecule has 0 spiro atoms. The van der Waals surface area contributed by atoms with E-state index >= 15 is 0 Å². The first kappa shape index (κ1) is 26.0. The molecular weight excluding hydrogens is 478 g/mol. The van der Waals surface area contributed by atoms with E-state index in [0.717, 1.165) is 5.69 Å². The molecular formula is C28H30NO8+. The predicted octanol–water partition coefficient (Wildman–Crippen LogP) is 4.05. The van der Waals surface area contributed by atoms with Crippen molar-refractivity contribution in [3.8, 4) is 11.5 Å². The van der Waals surface area contributed by atoms with Crippen molar-refractivity contribution in [2.45, 2.75) is 26.4 Å². The third-order valence-corrected chi connectivity index (χ3v) is 5.78. The van der Waals surface area contributed by atoms with Gasteiger partial charge in [0.05, 0.1) is 27.4 Å². The average molecular weight is 509 g/mol. The van der Waals surface area contributed by atoms with Crippen molar-refractivity contribution in [2.24, 2.45) is 0 Å². The fourth-order valence-electron chi connectivity index (χ4n) is 3.90. The lowest BCUT2D eigenvalue weighted by molar-refractivity contribution is -0.149. The van der Waals surface area contributed by atoms with E-state index in [2.05, 4.69) is 0 Å². The van der Waals surface area contributed by atoms with E-state index in [1.165, 1.54) is 25.3 Å². The van der Waals surface area contributed by atoms with Crippen molar-refractivity contribution in [3.05, 3.63) is 74.9 Å². The number of ether oxygens (including phenoxy) is 3. The molecule has 0 fully saturated rings. The Balaban J connectivity index is 1.64. The molecule has 1 unspecified atom stereocenters. The first-order valence-electron chi connectivity index (χ1n) is 11.9. The molecule has 2 heterocycles. The lowest BCUT2D eigenvalue weighted by atomic mass is 10.1. The van der Waals surface area contributed by atoms with Crippen LogP contribution in [0.4, 0.5) is 5.69 Å². The highest BCUT2D eigenvalue weighted by Gasteiger charge is 2.22. The average Bonchev–Trinajstić information content (AvgIpc) is 2.84. The molecule has 1 atom stereocenters. The van der Waals surface area contributed by atoms with E-state index in [9.17, 15) is 14.4 Å². The smallest absolute Gasteiger partial charge is 0.303 e. The number of nitrogens with zero attached hydrogens (tertiary/aromatic N) is 1. The van der Waals surface area contributed by atoms with Crippen molar-refractivity contribution in [3.63, 3.8) is 0 Å². The summed E-state index contributed by atoms with van der Waals surface area (Å²) in [5.41, 5.74) is 1.20. The van der Waals surface area contributed by atoms with Crippen LogP contribution in [-0.2, 0) is 16.0 Å². The molecule has 37 heavy (non-hydrogen) atoms. The van der Waals surface area contributed by atoms with Gasteiger partial charge in [0.2, 0.25) is 0 Å². The number of hydrogen-bond donors (Lipinski definition) is 0. The van der Waals surface area contributed by atoms with Gasteiger partial charge in [-0.05, 0) is 12.1 Å². The van der Waals surface area contributed by atoms with E-state index in [4.69, 9.17) is 23.0 Å². The Kier molecular flexibility index (Phi) is 7.35. The standard InChI is InChI=1S/C28H30NO8/c1-6-19-14-22(32)28-25(12-18(29(3,4)5)13-26(28)37-19)35-16-20(36-17(2)30)15-34-24-9-7-8-23-27(24)21(31)10-11-33-23/h7-14,20H,6,15-16H2,1-5H3/q+1. The molecule has 0 amide bonds. The minimum absolute atomic E-state index is 0.0887. The first-order chi connectivity index (χ1) is 17.6. The molecule has 4 rings (SSSR count). The topological polar surface area (TPSA) is 105 Å². The highest BCUT2D eigenvalue weighted by Crippen LogP contribution is 2.32. The van der Waals surface area contributed by atoms with Gasteiger partial charge in [-0.2, -0.15) is 0 Å². The van der Waals surface area contributed by atoms with Crippen LogP contribution < -0.4 is 24.8 Å². The molecule has 2 aromatic carbocycles. The summed E-state index contributed by atoms with van der Waals surface area (Å²) >= 11 is 0. The van der Waals surface area contributed by atoms with Gasteiger partial charge in [-0.3, -0.25) is 18.9 Å².